The summed E-state index contributed by atoms with van der Waals surface area (Å²) in [5.41, 5.74) is -0.423. The van der Waals surface area contributed by atoms with Crippen LogP contribution in [0.5, 0.6) is 0 Å². The van der Waals surface area contributed by atoms with E-state index >= 15 is 0 Å². The Balaban J connectivity index is 2.42. The molecule has 16 heavy (non-hydrogen) atoms. The lowest BCUT2D eigenvalue weighted by Gasteiger charge is -2.32. The maximum absolute atomic E-state index is 11.6. The van der Waals surface area contributed by atoms with Crippen molar-refractivity contribution in [3.63, 3.8) is 0 Å². The van der Waals surface area contributed by atoms with Gasteiger partial charge in [0.1, 0.15) is 5.60 Å². The molecule has 0 saturated heterocycles. The molecule has 0 aliphatic heterocycles. The SMILES string of the molecule is CN[C@@H]1CCCC[C@H]1NC(=O)OC(C)(C)C. The van der Waals surface area contributed by atoms with Crippen LogP contribution in [0.2, 0.25) is 0 Å². The zero-order valence-electron chi connectivity index (χ0n) is 10.8. The number of amides is 1. The Labute approximate surface area is 98.1 Å². The Kier molecular flexibility index (Phi) is 4.59. The lowest BCUT2D eigenvalue weighted by Crippen LogP contribution is -2.51. The number of carbonyl (C=O) groups excluding carboxylic acids is 1. The molecule has 2 N–H and O–H groups in total. The molecular formula is C12H24N2O2. The molecule has 4 heteroatoms. The van der Waals surface area contributed by atoms with Crippen molar-refractivity contribution in [2.75, 3.05) is 7.05 Å². The molecule has 94 valence electrons. The summed E-state index contributed by atoms with van der Waals surface area (Å²) in [4.78, 5) is 11.6. The third-order valence-corrected chi connectivity index (χ3v) is 2.84. The van der Waals surface area contributed by atoms with E-state index in [9.17, 15) is 4.79 Å². The van der Waals surface area contributed by atoms with E-state index in [4.69, 9.17) is 4.74 Å². The summed E-state index contributed by atoms with van der Waals surface area (Å²) >= 11 is 0. The van der Waals surface area contributed by atoms with Gasteiger partial charge in [0.25, 0.3) is 0 Å². The third-order valence-electron chi connectivity index (χ3n) is 2.84. The second kappa shape index (κ2) is 5.53. The summed E-state index contributed by atoms with van der Waals surface area (Å²) in [5.74, 6) is 0. The first-order valence-electron chi connectivity index (χ1n) is 6.09. The van der Waals surface area contributed by atoms with E-state index in [0.29, 0.717) is 6.04 Å². The Morgan fingerprint density at radius 2 is 1.75 bits per heavy atom. The molecule has 4 nitrogen and oxygen atoms in total. The van der Waals surface area contributed by atoms with E-state index in [-0.39, 0.29) is 12.1 Å². The average Bonchev–Trinajstić information content (AvgIpc) is 2.15. The molecule has 0 heterocycles. The van der Waals surface area contributed by atoms with Gasteiger partial charge in [0.2, 0.25) is 0 Å². The summed E-state index contributed by atoms with van der Waals surface area (Å²) in [6.45, 7) is 5.63. The highest BCUT2D eigenvalue weighted by Gasteiger charge is 2.26. The van der Waals surface area contributed by atoms with Crippen molar-refractivity contribution in [1.82, 2.24) is 10.6 Å². The predicted octanol–water partition coefficient (Wildman–Crippen LogP) is 2.04. The molecule has 0 aromatic carbocycles. The van der Waals surface area contributed by atoms with E-state index < -0.39 is 5.60 Å². The molecule has 1 amide bonds. The number of hydrogen-bond acceptors (Lipinski definition) is 3. The molecule has 0 unspecified atom stereocenters. The molecule has 1 rings (SSSR count). The van der Waals surface area contributed by atoms with Crippen molar-refractivity contribution in [3.8, 4) is 0 Å². The van der Waals surface area contributed by atoms with Crippen LogP contribution in [0.4, 0.5) is 4.79 Å². The minimum Gasteiger partial charge on any atom is -0.444 e. The van der Waals surface area contributed by atoms with Gasteiger partial charge in [-0.3, -0.25) is 0 Å². The van der Waals surface area contributed by atoms with Crippen molar-refractivity contribution in [3.05, 3.63) is 0 Å². The van der Waals surface area contributed by atoms with Crippen LogP contribution in [-0.2, 0) is 4.74 Å². The van der Waals surface area contributed by atoms with Crippen molar-refractivity contribution >= 4 is 6.09 Å². The zero-order valence-corrected chi connectivity index (χ0v) is 10.8. The highest BCUT2D eigenvalue weighted by Crippen LogP contribution is 2.18. The topological polar surface area (TPSA) is 50.4 Å². The highest BCUT2D eigenvalue weighted by molar-refractivity contribution is 5.68. The van der Waals surface area contributed by atoms with Crippen LogP contribution < -0.4 is 10.6 Å². The Morgan fingerprint density at radius 3 is 2.25 bits per heavy atom. The van der Waals surface area contributed by atoms with E-state index in [1.807, 2.05) is 27.8 Å². The summed E-state index contributed by atoms with van der Waals surface area (Å²) < 4.78 is 5.26. The van der Waals surface area contributed by atoms with Gasteiger partial charge in [0.15, 0.2) is 0 Å². The van der Waals surface area contributed by atoms with Gasteiger partial charge in [-0.15, -0.1) is 0 Å². The molecule has 2 atom stereocenters. The molecule has 1 saturated carbocycles. The second-order valence-corrected chi connectivity index (χ2v) is 5.43. The maximum atomic E-state index is 11.6. The number of alkyl carbamates (subject to hydrolysis) is 1. The van der Waals surface area contributed by atoms with Crippen LogP contribution in [0.3, 0.4) is 0 Å². The normalized spacial score (nSPS) is 26.2. The Bertz CT molecular complexity index is 236. The summed E-state index contributed by atoms with van der Waals surface area (Å²) in [7, 11) is 1.94. The molecule has 0 radical (unpaired) electrons. The maximum Gasteiger partial charge on any atom is 0.407 e. The largest absolute Gasteiger partial charge is 0.444 e. The molecule has 0 aromatic heterocycles. The average molecular weight is 228 g/mol. The standard InChI is InChI=1S/C12H24N2O2/c1-12(2,3)16-11(15)14-10-8-6-5-7-9(10)13-4/h9-10,13H,5-8H2,1-4H3,(H,14,15)/t9-,10-/m1/s1. The van der Waals surface area contributed by atoms with Gasteiger partial charge in [-0.2, -0.15) is 0 Å². The lowest BCUT2D eigenvalue weighted by atomic mass is 9.90. The van der Waals surface area contributed by atoms with Gasteiger partial charge in [-0.25, -0.2) is 4.79 Å². The van der Waals surface area contributed by atoms with E-state index in [1.165, 1.54) is 12.8 Å². The van der Waals surface area contributed by atoms with Crippen molar-refractivity contribution in [2.45, 2.75) is 64.1 Å². The first-order chi connectivity index (χ1) is 7.42. The smallest absolute Gasteiger partial charge is 0.407 e. The van der Waals surface area contributed by atoms with Crippen molar-refractivity contribution in [2.24, 2.45) is 0 Å². The van der Waals surface area contributed by atoms with Gasteiger partial charge in [-0.05, 0) is 40.7 Å². The number of rotatable bonds is 2. The van der Waals surface area contributed by atoms with Crippen LogP contribution in [0.15, 0.2) is 0 Å². The monoisotopic (exact) mass is 228 g/mol. The summed E-state index contributed by atoms with van der Waals surface area (Å²) in [5, 5.41) is 6.20. The second-order valence-electron chi connectivity index (χ2n) is 5.43. The third kappa shape index (κ3) is 4.39. The van der Waals surface area contributed by atoms with Gasteiger partial charge < -0.3 is 15.4 Å². The summed E-state index contributed by atoms with van der Waals surface area (Å²) in [6.07, 6.45) is 4.26. The van der Waals surface area contributed by atoms with E-state index in [2.05, 4.69) is 10.6 Å². The molecule has 1 aliphatic rings. The zero-order chi connectivity index (χ0) is 12.2. The molecule has 0 aromatic rings. The fourth-order valence-corrected chi connectivity index (χ4v) is 2.11. The fraction of sp³-hybridized carbons (Fsp3) is 0.917. The lowest BCUT2D eigenvalue weighted by molar-refractivity contribution is 0.0481. The minimum atomic E-state index is -0.423. The van der Waals surface area contributed by atoms with Gasteiger partial charge in [0, 0.05) is 12.1 Å². The number of hydrogen-bond donors (Lipinski definition) is 2. The molecular weight excluding hydrogens is 204 g/mol. The number of likely N-dealkylation sites (N-methyl/N-ethyl adjacent to an activating group) is 1. The molecule has 0 spiro atoms. The quantitative estimate of drug-likeness (QED) is 0.760. The first kappa shape index (κ1) is 13.3. The fourth-order valence-electron chi connectivity index (χ4n) is 2.11. The minimum absolute atomic E-state index is 0.202. The summed E-state index contributed by atoms with van der Waals surface area (Å²) in [6, 6.07) is 0.579. The van der Waals surface area contributed by atoms with Crippen LogP contribution in [0, 0.1) is 0 Å². The Morgan fingerprint density at radius 1 is 1.19 bits per heavy atom. The number of carbonyl (C=O) groups is 1. The molecule has 1 fully saturated rings. The first-order valence-corrected chi connectivity index (χ1v) is 6.09. The van der Waals surface area contributed by atoms with Gasteiger partial charge in [0.05, 0.1) is 0 Å². The number of ether oxygens (including phenoxy) is 1. The van der Waals surface area contributed by atoms with Gasteiger partial charge >= 0.3 is 6.09 Å². The van der Waals surface area contributed by atoms with Crippen LogP contribution >= 0.6 is 0 Å². The number of nitrogens with one attached hydrogen (secondary N) is 2. The van der Waals surface area contributed by atoms with E-state index in [1.54, 1.807) is 0 Å². The molecule has 1 aliphatic carbocycles. The van der Waals surface area contributed by atoms with Crippen molar-refractivity contribution < 1.29 is 9.53 Å². The van der Waals surface area contributed by atoms with Crippen LogP contribution in [-0.4, -0.2) is 30.8 Å². The molecule has 0 bridgehead atoms. The van der Waals surface area contributed by atoms with Gasteiger partial charge in [-0.1, -0.05) is 12.8 Å². The van der Waals surface area contributed by atoms with Crippen LogP contribution in [0.25, 0.3) is 0 Å². The highest BCUT2D eigenvalue weighted by atomic mass is 16.6. The van der Waals surface area contributed by atoms with E-state index in [0.717, 1.165) is 12.8 Å². The van der Waals surface area contributed by atoms with Crippen LogP contribution in [0.1, 0.15) is 46.5 Å². The Hall–Kier alpha value is -0.770. The van der Waals surface area contributed by atoms with Crippen molar-refractivity contribution in [1.29, 1.82) is 0 Å². The predicted molar refractivity (Wildman–Crippen MR) is 64.5 cm³/mol.